The maximum absolute atomic E-state index is 12.4. The van der Waals surface area contributed by atoms with Crippen molar-refractivity contribution in [3.63, 3.8) is 0 Å². The predicted molar refractivity (Wildman–Crippen MR) is 95.0 cm³/mol. The molecule has 1 aromatic rings. The molecular weight excluding hydrogens is 314 g/mol. The van der Waals surface area contributed by atoms with Crippen molar-refractivity contribution in [2.24, 2.45) is 5.92 Å². The summed E-state index contributed by atoms with van der Waals surface area (Å²) in [5.74, 6) is -0.0728. The highest BCUT2D eigenvalue weighted by atomic mass is 35.5. The third-order valence-corrected chi connectivity index (χ3v) is 4.09. The summed E-state index contributed by atoms with van der Waals surface area (Å²) in [5.41, 5.74) is 1.18. The Bertz CT molecular complexity index is 573. The molecule has 2 N–H and O–H groups in total. The molecule has 2 amide bonds. The fourth-order valence-electron chi connectivity index (χ4n) is 1.94. The first-order chi connectivity index (χ1) is 10.6. The van der Waals surface area contributed by atoms with E-state index in [1.165, 1.54) is 4.90 Å². The number of likely N-dealkylation sites (N-methyl/N-ethyl adjacent to an activating group) is 1. The van der Waals surface area contributed by atoms with Crippen LogP contribution in [-0.2, 0) is 4.79 Å². The van der Waals surface area contributed by atoms with Crippen molar-refractivity contribution in [2.75, 3.05) is 19.4 Å². The molecule has 0 saturated carbocycles. The van der Waals surface area contributed by atoms with Gasteiger partial charge in [0.05, 0.1) is 10.6 Å². The van der Waals surface area contributed by atoms with Gasteiger partial charge >= 0.3 is 0 Å². The molecule has 0 radical (unpaired) electrons. The number of carbonyl (C=O) groups excluding carboxylic acids is 2. The number of carbonyl (C=O) groups is 2. The summed E-state index contributed by atoms with van der Waals surface area (Å²) in [5, 5.41) is 6.38. The van der Waals surface area contributed by atoms with Crippen molar-refractivity contribution in [3.8, 4) is 0 Å². The highest BCUT2D eigenvalue weighted by Gasteiger charge is 2.20. The Hall–Kier alpha value is -1.75. The summed E-state index contributed by atoms with van der Waals surface area (Å²) >= 11 is 6.13. The van der Waals surface area contributed by atoms with Gasteiger partial charge in [-0.2, -0.15) is 0 Å². The van der Waals surface area contributed by atoms with Crippen LogP contribution in [0.3, 0.4) is 0 Å². The maximum atomic E-state index is 12.4. The van der Waals surface area contributed by atoms with E-state index in [1.54, 1.807) is 33.2 Å². The monoisotopic (exact) mass is 339 g/mol. The first kappa shape index (κ1) is 19.3. The van der Waals surface area contributed by atoms with Crippen molar-refractivity contribution in [3.05, 3.63) is 28.8 Å². The molecule has 0 bridgehead atoms. The molecule has 1 rings (SSSR count). The van der Waals surface area contributed by atoms with Gasteiger partial charge in [0.25, 0.3) is 5.91 Å². The van der Waals surface area contributed by atoms with Crippen LogP contribution >= 0.6 is 11.6 Å². The second-order valence-corrected chi connectivity index (χ2v) is 6.71. The first-order valence-electron chi connectivity index (χ1n) is 7.71. The maximum Gasteiger partial charge on any atom is 0.253 e. The molecule has 0 aliphatic heterocycles. The topological polar surface area (TPSA) is 61.4 Å². The molecule has 2 atom stereocenters. The molecule has 0 aromatic heterocycles. The number of halogens is 1. The lowest BCUT2D eigenvalue weighted by atomic mass is 10.1. The van der Waals surface area contributed by atoms with E-state index in [9.17, 15) is 9.59 Å². The van der Waals surface area contributed by atoms with E-state index < -0.39 is 6.04 Å². The third-order valence-electron chi connectivity index (χ3n) is 3.76. The summed E-state index contributed by atoms with van der Waals surface area (Å²) in [6, 6.07) is 4.89. The molecule has 0 aliphatic carbocycles. The number of nitrogens with one attached hydrogen (secondary N) is 2. The van der Waals surface area contributed by atoms with E-state index in [1.807, 2.05) is 6.07 Å². The smallest absolute Gasteiger partial charge is 0.253 e. The van der Waals surface area contributed by atoms with Gasteiger partial charge < -0.3 is 15.5 Å². The predicted octanol–water partition coefficient (Wildman–Crippen LogP) is 3.00. The molecule has 0 spiro atoms. The number of amides is 2. The van der Waals surface area contributed by atoms with Crippen LogP contribution in [0.1, 0.15) is 38.1 Å². The van der Waals surface area contributed by atoms with E-state index in [0.29, 0.717) is 16.5 Å². The number of anilines is 1. The van der Waals surface area contributed by atoms with Crippen LogP contribution < -0.4 is 10.6 Å². The zero-order chi connectivity index (χ0) is 17.7. The third kappa shape index (κ3) is 5.43. The van der Waals surface area contributed by atoms with Crippen molar-refractivity contribution >= 4 is 29.1 Å². The average Bonchev–Trinajstić information content (AvgIpc) is 2.47. The van der Waals surface area contributed by atoms with Crippen molar-refractivity contribution < 1.29 is 9.59 Å². The molecule has 0 fully saturated rings. The Balaban J connectivity index is 2.90. The van der Waals surface area contributed by atoms with Gasteiger partial charge in [0.15, 0.2) is 0 Å². The molecular formula is C17H26ClN3O2. The van der Waals surface area contributed by atoms with E-state index in [2.05, 4.69) is 31.4 Å². The van der Waals surface area contributed by atoms with Gasteiger partial charge in [-0.15, -0.1) is 0 Å². The molecule has 6 heteroatoms. The van der Waals surface area contributed by atoms with Crippen LogP contribution in [0.2, 0.25) is 5.02 Å². The van der Waals surface area contributed by atoms with Crippen molar-refractivity contribution in [1.29, 1.82) is 0 Å². The second-order valence-electron chi connectivity index (χ2n) is 6.30. The lowest BCUT2D eigenvalue weighted by molar-refractivity contribution is -0.130. The molecule has 0 heterocycles. The van der Waals surface area contributed by atoms with Crippen LogP contribution in [-0.4, -0.2) is 42.9 Å². The standard InChI is InChI=1S/C17H26ClN3O2/c1-10(2)11(3)19-13-7-8-15(18)14(9-13)16(22)20-12(4)17(23)21(5)6/h7-12,19H,1-6H3,(H,20,22). The summed E-state index contributed by atoms with van der Waals surface area (Å²) in [7, 11) is 3.30. The largest absolute Gasteiger partial charge is 0.382 e. The Labute approximate surface area is 143 Å². The molecule has 5 nitrogen and oxygen atoms in total. The number of rotatable bonds is 6. The SMILES string of the molecule is CC(NC(=O)c1cc(NC(C)C(C)C)ccc1Cl)C(=O)N(C)C. The van der Waals surface area contributed by atoms with Gasteiger partial charge in [0.1, 0.15) is 6.04 Å². The van der Waals surface area contributed by atoms with E-state index in [0.717, 1.165) is 5.69 Å². The van der Waals surface area contributed by atoms with Crippen LogP contribution in [0.5, 0.6) is 0 Å². The molecule has 2 unspecified atom stereocenters. The molecule has 0 aliphatic rings. The molecule has 23 heavy (non-hydrogen) atoms. The van der Waals surface area contributed by atoms with Gasteiger partial charge in [0.2, 0.25) is 5.91 Å². The Morgan fingerprint density at radius 3 is 2.26 bits per heavy atom. The number of hydrogen-bond donors (Lipinski definition) is 2. The molecule has 1 aromatic carbocycles. The summed E-state index contributed by atoms with van der Waals surface area (Å²) in [6.07, 6.45) is 0. The lowest BCUT2D eigenvalue weighted by Gasteiger charge is -2.20. The number of benzene rings is 1. The molecule has 0 saturated heterocycles. The van der Waals surface area contributed by atoms with Gasteiger partial charge in [-0.05, 0) is 38.0 Å². The fraction of sp³-hybridized carbons (Fsp3) is 0.529. The highest BCUT2D eigenvalue weighted by Crippen LogP contribution is 2.22. The van der Waals surface area contributed by atoms with Crippen molar-refractivity contribution in [2.45, 2.75) is 39.8 Å². The normalized spacial score (nSPS) is 13.4. The van der Waals surface area contributed by atoms with Gasteiger partial charge in [-0.25, -0.2) is 0 Å². The van der Waals surface area contributed by atoms with E-state index in [-0.39, 0.29) is 17.9 Å². The van der Waals surface area contributed by atoms with Crippen LogP contribution in [0, 0.1) is 5.92 Å². The fourth-order valence-corrected chi connectivity index (χ4v) is 2.15. The Kier molecular flexibility index (Phi) is 6.88. The van der Waals surface area contributed by atoms with Crippen molar-refractivity contribution in [1.82, 2.24) is 10.2 Å². The van der Waals surface area contributed by atoms with Gasteiger partial charge in [-0.1, -0.05) is 25.4 Å². The second kappa shape index (κ2) is 8.20. The van der Waals surface area contributed by atoms with Crippen LogP contribution in [0.15, 0.2) is 18.2 Å². The summed E-state index contributed by atoms with van der Waals surface area (Å²) < 4.78 is 0. The average molecular weight is 340 g/mol. The highest BCUT2D eigenvalue weighted by molar-refractivity contribution is 6.34. The lowest BCUT2D eigenvalue weighted by Crippen LogP contribution is -2.44. The first-order valence-corrected chi connectivity index (χ1v) is 8.09. The van der Waals surface area contributed by atoms with E-state index in [4.69, 9.17) is 11.6 Å². The quantitative estimate of drug-likeness (QED) is 0.837. The minimum absolute atomic E-state index is 0.169. The summed E-state index contributed by atoms with van der Waals surface area (Å²) in [4.78, 5) is 25.7. The number of hydrogen-bond acceptors (Lipinski definition) is 3. The zero-order valence-corrected chi connectivity index (χ0v) is 15.4. The number of nitrogens with zero attached hydrogens (tertiary/aromatic N) is 1. The van der Waals surface area contributed by atoms with Crippen LogP contribution in [0.25, 0.3) is 0 Å². The minimum atomic E-state index is -0.611. The zero-order valence-electron chi connectivity index (χ0n) is 14.6. The van der Waals surface area contributed by atoms with E-state index >= 15 is 0 Å². The van der Waals surface area contributed by atoms with Gasteiger partial charge in [0, 0.05) is 25.8 Å². The minimum Gasteiger partial charge on any atom is -0.382 e. The van der Waals surface area contributed by atoms with Gasteiger partial charge in [-0.3, -0.25) is 9.59 Å². The molecule has 128 valence electrons. The Morgan fingerprint density at radius 1 is 1.13 bits per heavy atom. The van der Waals surface area contributed by atoms with Crippen LogP contribution in [0.4, 0.5) is 5.69 Å². The summed E-state index contributed by atoms with van der Waals surface area (Å²) in [6.45, 7) is 7.97. The Morgan fingerprint density at radius 2 is 1.74 bits per heavy atom.